The van der Waals surface area contributed by atoms with Crippen LogP contribution in [0.5, 0.6) is 0 Å². The molecule has 0 atom stereocenters. The van der Waals surface area contributed by atoms with Gasteiger partial charge in [-0.15, -0.1) is 12.4 Å². The Balaban J connectivity index is 0.00000144. The van der Waals surface area contributed by atoms with E-state index in [4.69, 9.17) is 4.98 Å². The number of piperidine rings is 1. The quantitative estimate of drug-likeness (QED) is 0.762. The molecule has 2 nitrogen and oxygen atoms in total. The first-order chi connectivity index (χ1) is 10.0. The molecule has 0 amide bonds. The summed E-state index contributed by atoms with van der Waals surface area (Å²) in [4.78, 5) is 6.85. The minimum atomic E-state index is -2.42. The second-order valence-electron chi connectivity index (χ2n) is 6.46. The van der Waals surface area contributed by atoms with Crippen molar-refractivity contribution in [3.63, 3.8) is 0 Å². The van der Waals surface area contributed by atoms with Gasteiger partial charge in [-0.05, 0) is 37.5 Å². The molecule has 0 radical (unpaired) electrons. The van der Waals surface area contributed by atoms with E-state index in [2.05, 4.69) is 24.0 Å². The van der Waals surface area contributed by atoms with E-state index >= 15 is 0 Å². The van der Waals surface area contributed by atoms with Crippen molar-refractivity contribution >= 4 is 29.1 Å². The Morgan fingerprint density at radius 1 is 1.14 bits per heavy atom. The number of anilines is 1. The highest BCUT2D eigenvalue weighted by Gasteiger charge is 2.70. The van der Waals surface area contributed by atoms with Crippen molar-refractivity contribution in [3.05, 3.63) is 35.9 Å². The Hall–Kier alpha value is -1.42. The van der Waals surface area contributed by atoms with Crippen molar-refractivity contribution < 1.29 is 8.78 Å². The molecule has 1 spiro atoms. The smallest absolute Gasteiger partial charge is 0.254 e. The number of para-hydroxylation sites is 1. The number of halogens is 3. The molecule has 2 fully saturated rings. The van der Waals surface area contributed by atoms with E-state index in [0.717, 1.165) is 16.7 Å². The molecule has 2 aliphatic rings. The number of benzene rings is 1. The molecule has 1 aromatic carbocycles. The molecule has 4 rings (SSSR count). The number of hydrogen-bond donors (Lipinski definition) is 0. The number of rotatable bonds is 1. The zero-order chi connectivity index (χ0) is 14.7. The van der Waals surface area contributed by atoms with Crippen molar-refractivity contribution in [2.75, 3.05) is 18.0 Å². The highest BCUT2D eigenvalue weighted by Crippen LogP contribution is 2.65. The number of aryl methyl sites for hydroxylation is 1. The standard InChI is InChI=1S/C17H18F2N2.ClH/c1-12-10-15(20-14-5-3-2-4-13(12)14)21-8-6-16(7-9-21)11-17(16,18)19;/h2-5,10H,6-9,11H2,1H3;1H. The molecular weight excluding hydrogens is 306 g/mol. The molecule has 1 aliphatic heterocycles. The summed E-state index contributed by atoms with van der Waals surface area (Å²) in [5.41, 5.74) is 1.47. The molecule has 0 unspecified atom stereocenters. The highest BCUT2D eigenvalue weighted by atomic mass is 35.5. The summed E-state index contributed by atoms with van der Waals surface area (Å²) in [5.74, 6) is -1.50. The Bertz CT molecular complexity index is 709. The lowest BCUT2D eigenvalue weighted by Crippen LogP contribution is -2.37. The van der Waals surface area contributed by atoms with E-state index in [1.165, 1.54) is 5.56 Å². The lowest BCUT2D eigenvalue weighted by molar-refractivity contribution is 0.0536. The Labute approximate surface area is 134 Å². The zero-order valence-electron chi connectivity index (χ0n) is 12.5. The molecule has 1 aliphatic carbocycles. The van der Waals surface area contributed by atoms with Crippen molar-refractivity contribution in [2.45, 2.75) is 32.1 Å². The summed E-state index contributed by atoms with van der Waals surface area (Å²) >= 11 is 0. The maximum Gasteiger partial charge on any atom is 0.254 e. The Morgan fingerprint density at radius 2 is 1.77 bits per heavy atom. The maximum atomic E-state index is 13.4. The Morgan fingerprint density at radius 3 is 2.41 bits per heavy atom. The SMILES string of the molecule is Cc1cc(N2CCC3(CC2)CC3(F)F)nc2ccccc12.Cl. The lowest BCUT2D eigenvalue weighted by atomic mass is 9.93. The number of nitrogens with zero attached hydrogens (tertiary/aromatic N) is 2. The fourth-order valence-corrected chi connectivity index (χ4v) is 3.58. The highest BCUT2D eigenvalue weighted by molar-refractivity contribution is 5.85. The van der Waals surface area contributed by atoms with Crippen LogP contribution >= 0.6 is 12.4 Å². The monoisotopic (exact) mass is 324 g/mol. The van der Waals surface area contributed by atoms with Crippen LogP contribution in [0.4, 0.5) is 14.6 Å². The second kappa shape index (κ2) is 5.05. The molecule has 22 heavy (non-hydrogen) atoms. The van der Waals surface area contributed by atoms with Crippen LogP contribution in [-0.4, -0.2) is 24.0 Å². The van der Waals surface area contributed by atoms with Crippen LogP contribution < -0.4 is 4.90 Å². The molecule has 2 aromatic rings. The number of hydrogen-bond acceptors (Lipinski definition) is 2. The van der Waals surface area contributed by atoms with Gasteiger partial charge in [-0.1, -0.05) is 18.2 Å². The predicted molar refractivity (Wildman–Crippen MR) is 87.2 cm³/mol. The largest absolute Gasteiger partial charge is 0.357 e. The van der Waals surface area contributed by atoms with E-state index < -0.39 is 11.3 Å². The van der Waals surface area contributed by atoms with E-state index in [-0.39, 0.29) is 18.8 Å². The third kappa shape index (κ3) is 2.24. The summed E-state index contributed by atoms with van der Waals surface area (Å²) in [6, 6.07) is 10.1. The third-order valence-electron chi connectivity index (χ3n) is 5.17. The van der Waals surface area contributed by atoms with E-state index in [0.29, 0.717) is 25.9 Å². The topological polar surface area (TPSA) is 16.1 Å². The first kappa shape index (κ1) is 15.5. The van der Waals surface area contributed by atoms with Gasteiger partial charge < -0.3 is 4.90 Å². The van der Waals surface area contributed by atoms with Crippen molar-refractivity contribution in [1.82, 2.24) is 4.98 Å². The first-order valence-electron chi connectivity index (χ1n) is 7.50. The summed E-state index contributed by atoms with van der Waals surface area (Å²) in [6.07, 6.45) is 1.24. The van der Waals surface area contributed by atoms with Crippen LogP contribution in [0.15, 0.2) is 30.3 Å². The van der Waals surface area contributed by atoms with Gasteiger partial charge in [-0.3, -0.25) is 0 Å². The minimum absolute atomic E-state index is 0. The van der Waals surface area contributed by atoms with Crippen LogP contribution in [0, 0.1) is 12.3 Å². The minimum Gasteiger partial charge on any atom is -0.357 e. The van der Waals surface area contributed by atoms with Crippen molar-refractivity contribution in [3.8, 4) is 0 Å². The summed E-state index contributed by atoms with van der Waals surface area (Å²) in [6.45, 7) is 3.44. The van der Waals surface area contributed by atoms with Crippen LogP contribution in [0.25, 0.3) is 10.9 Å². The molecule has 5 heteroatoms. The first-order valence-corrected chi connectivity index (χ1v) is 7.50. The van der Waals surface area contributed by atoms with Gasteiger partial charge in [0.1, 0.15) is 5.82 Å². The van der Waals surface area contributed by atoms with Crippen LogP contribution in [0.2, 0.25) is 0 Å². The van der Waals surface area contributed by atoms with Gasteiger partial charge in [0, 0.05) is 30.3 Å². The molecular formula is C17H19ClF2N2. The van der Waals surface area contributed by atoms with Gasteiger partial charge in [0.15, 0.2) is 0 Å². The lowest BCUT2D eigenvalue weighted by Gasteiger charge is -2.33. The summed E-state index contributed by atoms with van der Waals surface area (Å²) in [7, 11) is 0. The van der Waals surface area contributed by atoms with Gasteiger partial charge >= 0.3 is 0 Å². The van der Waals surface area contributed by atoms with E-state index in [9.17, 15) is 8.78 Å². The normalized spacial score (nSPS) is 21.7. The van der Waals surface area contributed by atoms with Crippen LogP contribution in [0.3, 0.4) is 0 Å². The van der Waals surface area contributed by atoms with Gasteiger partial charge in [-0.2, -0.15) is 0 Å². The zero-order valence-corrected chi connectivity index (χ0v) is 13.3. The average molecular weight is 325 g/mol. The third-order valence-corrected chi connectivity index (χ3v) is 5.17. The van der Waals surface area contributed by atoms with Gasteiger partial charge in [0.05, 0.1) is 5.52 Å². The molecule has 1 saturated heterocycles. The number of aromatic nitrogens is 1. The fourth-order valence-electron chi connectivity index (χ4n) is 3.58. The number of fused-ring (bicyclic) bond motifs is 1. The van der Waals surface area contributed by atoms with Gasteiger partial charge in [-0.25, -0.2) is 13.8 Å². The second-order valence-corrected chi connectivity index (χ2v) is 6.46. The molecule has 0 N–H and O–H groups in total. The summed E-state index contributed by atoms with van der Waals surface area (Å²) < 4.78 is 26.9. The Kier molecular flexibility index (Phi) is 3.55. The average Bonchev–Trinajstić information content (AvgIpc) is 3.00. The number of alkyl halides is 2. The molecule has 118 valence electrons. The summed E-state index contributed by atoms with van der Waals surface area (Å²) in [5, 5.41) is 1.16. The van der Waals surface area contributed by atoms with Gasteiger partial charge in [0.25, 0.3) is 5.92 Å². The van der Waals surface area contributed by atoms with Crippen LogP contribution in [0.1, 0.15) is 24.8 Å². The van der Waals surface area contributed by atoms with Crippen molar-refractivity contribution in [1.29, 1.82) is 0 Å². The number of pyridine rings is 1. The fraction of sp³-hybridized carbons (Fsp3) is 0.471. The van der Waals surface area contributed by atoms with E-state index in [1.54, 1.807) is 0 Å². The van der Waals surface area contributed by atoms with Gasteiger partial charge in [0.2, 0.25) is 0 Å². The molecule has 1 saturated carbocycles. The molecule has 0 bridgehead atoms. The molecule has 1 aromatic heterocycles. The predicted octanol–water partition coefficient (Wildman–Crippen LogP) is 4.59. The van der Waals surface area contributed by atoms with E-state index in [1.807, 2.05) is 18.2 Å². The van der Waals surface area contributed by atoms with Crippen LogP contribution in [-0.2, 0) is 0 Å². The maximum absolute atomic E-state index is 13.4. The van der Waals surface area contributed by atoms with Crippen molar-refractivity contribution in [2.24, 2.45) is 5.41 Å². The molecule has 2 heterocycles.